The second-order valence-corrected chi connectivity index (χ2v) is 7.60. The van der Waals surface area contributed by atoms with E-state index >= 15 is 0 Å². The monoisotopic (exact) mass is 367 g/mol. The third kappa shape index (κ3) is 2.78. The molecule has 124 valence electrons. The topological polar surface area (TPSA) is 57.0 Å². The first kappa shape index (κ1) is 16.1. The zero-order chi connectivity index (χ0) is 17.6. The highest BCUT2D eigenvalue weighted by Crippen LogP contribution is 2.33. The van der Waals surface area contributed by atoms with Crippen molar-refractivity contribution in [3.8, 4) is 6.07 Å². The van der Waals surface area contributed by atoms with Crippen molar-refractivity contribution in [1.82, 2.24) is 4.98 Å². The number of fused-ring (bicyclic) bond motifs is 2. The van der Waals surface area contributed by atoms with E-state index in [9.17, 15) is 10.1 Å². The van der Waals surface area contributed by atoms with E-state index in [1.165, 1.54) is 16.9 Å². The molecule has 2 heterocycles. The fourth-order valence-electron chi connectivity index (χ4n) is 3.13. The normalized spacial score (nSPS) is 14.4. The number of aromatic nitrogens is 1. The Labute approximate surface area is 154 Å². The molecule has 0 spiro atoms. The van der Waals surface area contributed by atoms with E-state index in [1.807, 2.05) is 31.3 Å². The molecule has 0 fully saturated rings. The summed E-state index contributed by atoms with van der Waals surface area (Å²) in [5.74, 6) is -1.11. The number of nitriles is 1. The van der Waals surface area contributed by atoms with Crippen molar-refractivity contribution in [2.24, 2.45) is 0 Å². The molecular weight excluding hydrogens is 354 g/mol. The van der Waals surface area contributed by atoms with Gasteiger partial charge >= 0.3 is 0 Å². The van der Waals surface area contributed by atoms with Crippen molar-refractivity contribution < 1.29 is 4.79 Å². The van der Waals surface area contributed by atoms with Crippen LogP contribution in [0.2, 0.25) is 5.02 Å². The Morgan fingerprint density at radius 3 is 3.00 bits per heavy atom. The lowest BCUT2D eigenvalue weighted by Gasteiger charge is -2.13. The molecule has 4 rings (SSSR count). The Morgan fingerprint density at radius 2 is 2.20 bits per heavy atom. The predicted molar refractivity (Wildman–Crippen MR) is 101 cm³/mol. The van der Waals surface area contributed by atoms with Crippen molar-refractivity contribution in [2.45, 2.75) is 12.3 Å². The van der Waals surface area contributed by atoms with E-state index in [0.29, 0.717) is 21.1 Å². The molecule has 0 saturated carbocycles. The summed E-state index contributed by atoms with van der Waals surface area (Å²) in [5, 5.41) is 10.7. The fraction of sp³-hybridized carbons (Fsp3) is 0.211. The van der Waals surface area contributed by atoms with Crippen molar-refractivity contribution in [3.63, 3.8) is 0 Å². The van der Waals surface area contributed by atoms with E-state index < -0.39 is 5.92 Å². The highest BCUT2D eigenvalue weighted by molar-refractivity contribution is 7.18. The Bertz CT molecular complexity index is 1040. The molecule has 2 aromatic carbocycles. The second-order valence-electron chi connectivity index (χ2n) is 6.11. The van der Waals surface area contributed by atoms with Gasteiger partial charge in [0.05, 0.1) is 16.3 Å². The summed E-state index contributed by atoms with van der Waals surface area (Å²) < 4.78 is 0.918. The summed E-state index contributed by atoms with van der Waals surface area (Å²) in [6.45, 7) is 0.952. The van der Waals surface area contributed by atoms with E-state index in [0.717, 1.165) is 23.4 Å². The number of anilines is 1. The minimum absolute atomic E-state index is 0.212. The number of hydrogen-bond donors (Lipinski definition) is 0. The third-order valence-electron chi connectivity index (χ3n) is 4.50. The highest BCUT2D eigenvalue weighted by Gasteiger charge is 2.27. The molecule has 0 bridgehead atoms. The lowest BCUT2D eigenvalue weighted by molar-refractivity contribution is 0.0979. The summed E-state index contributed by atoms with van der Waals surface area (Å²) in [7, 11) is 2.01. The van der Waals surface area contributed by atoms with Crippen LogP contribution in [0.1, 0.15) is 26.8 Å². The SMILES string of the molecule is CN1CCc2ccc(C(=O)[C@H](C#N)c3nc4cc(Cl)ccc4s3)cc21. The first-order valence-corrected chi connectivity index (χ1v) is 9.10. The minimum atomic E-state index is -0.902. The van der Waals surface area contributed by atoms with E-state index in [-0.39, 0.29) is 5.78 Å². The van der Waals surface area contributed by atoms with Gasteiger partial charge in [0.25, 0.3) is 0 Å². The number of ketones is 1. The molecule has 6 heteroatoms. The molecule has 0 radical (unpaired) electrons. The standard InChI is InChI=1S/C19H14ClN3OS/c1-23-7-6-11-2-3-12(8-16(11)23)18(24)14(10-21)19-22-15-9-13(20)4-5-17(15)25-19/h2-5,8-9,14H,6-7H2,1H3/t14-/m0/s1. The van der Waals surface area contributed by atoms with E-state index in [4.69, 9.17) is 11.6 Å². The van der Waals surface area contributed by atoms with Gasteiger partial charge in [-0.1, -0.05) is 23.7 Å². The molecule has 1 atom stereocenters. The van der Waals surface area contributed by atoms with Gasteiger partial charge < -0.3 is 4.90 Å². The third-order valence-corrected chi connectivity index (χ3v) is 5.84. The molecular formula is C19H14ClN3OS. The van der Waals surface area contributed by atoms with Gasteiger partial charge in [-0.05, 0) is 36.2 Å². The number of likely N-dealkylation sites (N-methyl/N-ethyl adjacent to an activating group) is 1. The van der Waals surface area contributed by atoms with Crippen molar-refractivity contribution >= 4 is 44.6 Å². The number of nitrogens with zero attached hydrogens (tertiary/aromatic N) is 3. The van der Waals surface area contributed by atoms with Crippen molar-refractivity contribution in [2.75, 3.05) is 18.5 Å². The average molecular weight is 368 g/mol. The number of hydrogen-bond acceptors (Lipinski definition) is 5. The number of thiazole rings is 1. The van der Waals surface area contributed by atoms with Crippen LogP contribution < -0.4 is 4.90 Å². The smallest absolute Gasteiger partial charge is 0.187 e. The molecule has 0 N–H and O–H groups in total. The molecule has 0 amide bonds. The number of carbonyl (C=O) groups excluding carboxylic acids is 1. The number of carbonyl (C=O) groups is 1. The molecule has 0 aliphatic carbocycles. The Morgan fingerprint density at radius 1 is 1.36 bits per heavy atom. The molecule has 1 aliphatic heterocycles. The second kappa shape index (κ2) is 6.14. The molecule has 1 aliphatic rings. The quantitative estimate of drug-likeness (QED) is 0.642. The van der Waals surface area contributed by atoms with Crippen LogP contribution in [-0.2, 0) is 6.42 Å². The van der Waals surface area contributed by atoms with Crippen LogP contribution in [0.15, 0.2) is 36.4 Å². The van der Waals surface area contributed by atoms with Gasteiger partial charge in [-0.25, -0.2) is 4.98 Å². The maximum Gasteiger partial charge on any atom is 0.187 e. The van der Waals surface area contributed by atoms with Crippen LogP contribution >= 0.6 is 22.9 Å². The average Bonchev–Trinajstić information content (AvgIpc) is 3.18. The lowest BCUT2D eigenvalue weighted by atomic mass is 9.97. The molecule has 0 unspecified atom stereocenters. The number of rotatable bonds is 3. The summed E-state index contributed by atoms with van der Waals surface area (Å²) in [6.07, 6.45) is 0.987. The van der Waals surface area contributed by atoms with Crippen LogP contribution in [0.5, 0.6) is 0 Å². The Balaban J connectivity index is 1.72. The van der Waals surface area contributed by atoms with E-state index in [1.54, 1.807) is 12.1 Å². The number of Topliss-reactive ketones (excluding diaryl/α,β-unsaturated/α-hetero) is 1. The Kier molecular flexibility index (Phi) is 3.95. The summed E-state index contributed by atoms with van der Waals surface area (Å²) in [6, 6.07) is 13.2. The van der Waals surface area contributed by atoms with Gasteiger partial charge in [-0.2, -0.15) is 5.26 Å². The molecule has 0 saturated heterocycles. The van der Waals surface area contributed by atoms with Gasteiger partial charge in [-0.15, -0.1) is 11.3 Å². The highest BCUT2D eigenvalue weighted by atomic mass is 35.5. The van der Waals surface area contributed by atoms with E-state index in [2.05, 4.69) is 16.0 Å². The molecule has 3 aromatic rings. The number of halogens is 1. The summed E-state index contributed by atoms with van der Waals surface area (Å²) in [4.78, 5) is 19.5. The predicted octanol–water partition coefficient (Wildman–Crippen LogP) is 4.43. The largest absolute Gasteiger partial charge is 0.374 e. The van der Waals surface area contributed by atoms with Gasteiger partial charge in [0.1, 0.15) is 5.01 Å². The first-order valence-electron chi connectivity index (χ1n) is 7.90. The number of benzene rings is 2. The van der Waals surface area contributed by atoms with Gasteiger partial charge in [-0.3, -0.25) is 4.79 Å². The van der Waals surface area contributed by atoms with Crippen LogP contribution in [0.25, 0.3) is 10.2 Å². The van der Waals surface area contributed by atoms with Crippen LogP contribution in [-0.4, -0.2) is 24.4 Å². The van der Waals surface area contributed by atoms with Crippen LogP contribution in [0.4, 0.5) is 5.69 Å². The minimum Gasteiger partial charge on any atom is -0.374 e. The first-order chi connectivity index (χ1) is 12.1. The molecule has 4 nitrogen and oxygen atoms in total. The van der Waals surface area contributed by atoms with Gasteiger partial charge in [0.15, 0.2) is 11.7 Å². The Hall–Kier alpha value is -2.42. The zero-order valence-electron chi connectivity index (χ0n) is 13.5. The van der Waals surface area contributed by atoms with Crippen LogP contribution in [0.3, 0.4) is 0 Å². The maximum atomic E-state index is 12.9. The van der Waals surface area contributed by atoms with Crippen molar-refractivity contribution in [3.05, 3.63) is 57.6 Å². The molecule has 25 heavy (non-hydrogen) atoms. The van der Waals surface area contributed by atoms with Gasteiger partial charge in [0.2, 0.25) is 0 Å². The summed E-state index contributed by atoms with van der Waals surface area (Å²) >= 11 is 7.36. The fourth-order valence-corrected chi connectivity index (χ4v) is 4.29. The maximum absolute atomic E-state index is 12.9. The lowest BCUT2D eigenvalue weighted by Crippen LogP contribution is -2.14. The van der Waals surface area contributed by atoms with Crippen LogP contribution in [0, 0.1) is 11.3 Å². The molecule has 1 aromatic heterocycles. The zero-order valence-corrected chi connectivity index (χ0v) is 15.1. The van der Waals surface area contributed by atoms with Crippen molar-refractivity contribution in [1.29, 1.82) is 5.26 Å². The van der Waals surface area contributed by atoms with Gasteiger partial charge in [0, 0.05) is 29.9 Å². The summed E-state index contributed by atoms with van der Waals surface area (Å²) in [5.41, 5.74) is 3.58.